The van der Waals surface area contributed by atoms with Gasteiger partial charge in [0.05, 0.1) is 10.4 Å². The number of amides is 2. The minimum atomic E-state index is -0.535. The first kappa shape index (κ1) is 18.6. The van der Waals surface area contributed by atoms with Crippen LogP contribution < -0.4 is 10.6 Å². The Bertz CT molecular complexity index is 1150. The SMILES string of the molecule is O=C(Nc1ccc(NC(=O)c2ncoc2-c2ccccc2F)cc1)c1cccs1. The zero-order valence-corrected chi connectivity index (χ0v) is 15.7. The quantitative estimate of drug-likeness (QED) is 0.485. The van der Waals surface area contributed by atoms with E-state index in [4.69, 9.17) is 4.42 Å². The monoisotopic (exact) mass is 407 g/mol. The molecule has 2 N–H and O–H groups in total. The molecule has 0 saturated carbocycles. The van der Waals surface area contributed by atoms with Crippen LogP contribution in [-0.4, -0.2) is 16.8 Å². The number of aromatic nitrogens is 1. The molecule has 4 rings (SSSR count). The Kier molecular flexibility index (Phi) is 5.17. The van der Waals surface area contributed by atoms with Crippen molar-refractivity contribution in [2.75, 3.05) is 10.6 Å². The molecule has 0 atom stereocenters. The highest BCUT2D eigenvalue weighted by atomic mass is 32.1. The number of anilines is 2. The molecular weight excluding hydrogens is 393 g/mol. The summed E-state index contributed by atoms with van der Waals surface area (Å²) in [6.07, 6.45) is 1.10. The normalized spacial score (nSPS) is 10.5. The van der Waals surface area contributed by atoms with E-state index in [1.54, 1.807) is 48.5 Å². The van der Waals surface area contributed by atoms with Crippen LogP contribution in [0.5, 0.6) is 0 Å². The van der Waals surface area contributed by atoms with Crippen molar-refractivity contribution in [3.8, 4) is 11.3 Å². The van der Waals surface area contributed by atoms with Crippen molar-refractivity contribution in [3.63, 3.8) is 0 Å². The van der Waals surface area contributed by atoms with Crippen molar-refractivity contribution >= 4 is 34.5 Å². The molecule has 0 fully saturated rings. The molecule has 6 nitrogen and oxygen atoms in total. The fourth-order valence-corrected chi connectivity index (χ4v) is 3.29. The minimum Gasteiger partial charge on any atom is -0.443 e. The van der Waals surface area contributed by atoms with E-state index in [0.717, 1.165) is 6.39 Å². The molecule has 0 spiro atoms. The first-order valence-corrected chi connectivity index (χ1v) is 9.44. The third-order valence-corrected chi connectivity index (χ3v) is 4.92. The summed E-state index contributed by atoms with van der Waals surface area (Å²) in [5.41, 5.74) is 1.22. The van der Waals surface area contributed by atoms with Crippen molar-refractivity contribution in [3.05, 3.63) is 88.8 Å². The third-order valence-electron chi connectivity index (χ3n) is 4.05. The number of hydrogen-bond donors (Lipinski definition) is 2. The molecule has 0 saturated heterocycles. The number of rotatable bonds is 5. The van der Waals surface area contributed by atoms with Crippen molar-refractivity contribution in [1.82, 2.24) is 4.98 Å². The Morgan fingerprint density at radius 3 is 2.24 bits per heavy atom. The predicted molar refractivity (Wildman–Crippen MR) is 109 cm³/mol. The molecule has 0 bridgehead atoms. The fraction of sp³-hybridized carbons (Fsp3) is 0. The Morgan fingerprint density at radius 1 is 0.897 bits per heavy atom. The molecule has 2 aromatic heterocycles. The first-order chi connectivity index (χ1) is 14.1. The lowest BCUT2D eigenvalue weighted by atomic mass is 10.1. The Labute approximate surface area is 169 Å². The smallest absolute Gasteiger partial charge is 0.278 e. The van der Waals surface area contributed by atoms with Crippen LogP contribution in [0.15, 0.2) is 76.9 Å². The van der Waals surface area contributed by atoms with Crippen LogP contribution in [0.2, 0.25) is 0 Å². The van der Waals surface area contributed by atoms with Crippen LogP contribution in [-0.2, 0) is 0 Å². The minimum absolute atomic E-state index is 0.0230. The maximum atomic E-state index is 14.0. The highest BCUT2D eigenvalue weighted by molar-refractivity contribution is 7.12. The standard InChI is InChI=1S/C21H14FN3O3S/c22-16-5-2-1-4-15(16)19-18(23-12-28-19)21(27)25-14-9-7-13(8-10-14)24-20(26)17-6-3-11-29-17/h1-12H,(H,24,26)(H,25,27). The molecule has 8 heteroatoms. The Balaban J connectivity index is 1.47. The van der Waals surface area contributed by atoms with Crippen LogP contribution in [0.3, 0.4) is 0 Å². The molecule has 29 heavy (non-hydrogen) atoms. The molecular formula is C21H14FN3O3S. The van der Waals surface area contributed by atoms with Crippen LogP contribution in [0.4, 0.5) is 15.8 Å². The summed E-state index contributed by atoms with van der Waals surface area (Å²) >= 11 is 1.35. The van der Waals surface area contributed by atoms with Gasteiger partial charge in [0.25, 0.3) is 11.8 Å². The van der Waals surface area contributed by atoms with Gasteiger partial charge in [0.2, 0.25) is 0 Å². The second-order valence-corrected chi connectivity index (χ2v) is 6.92. The number of oxazole rings is 1. The highest BCUT2D eigenvalue weighted by Crippen LogP contribution is 2.26. The zero-order chi connectivity index (χ0) is 20.2. The molecule has 2 aromatic carbocycles. The van der Waals surface area contributed by atoms with E-state index in [2.05, 4.69) is 15.6 Å². The van der Waals surface area contributed by atoms with Gasteiger partial charge in [0.1, 0.15) is 5.82 Å². The van der Waals surface area contributed by atoms with Gasteiger partial charge in [-0.3, -0.25) is 9.59 Å². The van der Waals surface area contributed by atoms with E-state index < -0.39 is 11.7 Å². The molecule has 4 aromatic rings. The second kappa shape index (κ2) is 8.07. The van der Waals surface area contributed by atoms with E-state index in [0.29, 0.717) is 16.3 Å². The summed E-state index contributed by atoms with van der Waals surface area (Å²) in [6.45, 7) is 0. The van der Waals surface area contributed by atoms with Crippen LogP contribution in [0.1, 0.15) is 20.2 Å². The molecule has 2 heterocycles. The largest absolute Gasteiger partial charge is 0.443 e. The van der Waals surface area contributed by atoms with Crippen LogP contribution in [0.25, 0.3) is 11.3 Å². The second-order valence-electron chi connectivity index (χ2n) is 5.97. The van der Waals surface area contributed by atoms with Gasteiger partial charge in [-0.15, -0.1) is 11.3 Å². The van der Waals surface area contributed by atoms with Crippen molar-refractivity contribution in [2.45, 2.75) is 0 Å². The summed E-state index contributed by atoms with van der Waals surface area (Å²) in [5, 5.41) is 7.29. The van der Waals surface area contributed by atoms with Gasteiger partial charge in [0.15, 0.2) is 17.8 Å². The van der Waals surface area contributed by atoms with Gasteiger partial charge >= 0.3 is 0 Å². The van der Waals surface area contributed by atoms with Crippen molar-refractivity contribution in [2.24, 2.45) is 0 Å². The van der Waals surface area contributed by atoms with Gasteiger partial charge in [-0.25, -0.2) is 9.37 Å². The first-order valence-electron chi connectivity index (χ1n) is 8.56. The summed E-state index contributed by atoms with van der Waals surface area (Å²) < 4.78 is 19.3. The molecule has 0 aliphatic carbocycles. The number of thiophene rings is 1. The molecule has 2 amide bonds. The molecule has 0 unspecified atom stereocenters. The number of halogens is 1. The summed E-state index contributed by atoms with van der Waals surface area (Å²) in [6, 6.07) is 16.1. The average molecular weight is 407 g/mol. The van der Waals surface area contributed by atoms with Crippen molar-refractivity contribution < 1.29 is 18.4 Å². The molecule has 0 aliphatic rings. The zero-order valence-electron chi connectivity index (χ0n) is 14.9. The maximum Gasteiger partial charge on any atom is 0.278 e. The lowest BCUT2D eigenvalue weighted by Crippen LogP contribution is -2.14. The molecule has 144 valence electrons. The molecule has 0 radical (unpaired) electrons. The van der Waals surface area contributed by atoms with E-state index in [1.807, 2.05) is 5.38 Å². The number of benzene rings is 2. The number of carbonyl (C=O) groups excluding carboxylic acids is 2. The third kappa shape index (κ3) is 4.07. The van der Waals surface area contributed by atoms with Crippen molar-refractivity contribution in [1.29, 1.82) is 0 Å². The van der Waals surface area contributed by atoms with Gasteiger partial charge in [-0.05, 0) is 47.8 Å². The topological polar surface area (TPSA) is 84.2 Å². The predicted octanol–water partition coefficient (Wildman–Crippen LogP) is 5.05. The average Bonchev–Trinajstić information content (AvgIpc) is 3.42. The lowest BCUT2D eigenvalue weighted by Gasteiger charge is -2.07. The lowest BCUT2D eigenvalue weighted by molar-refractivity contribution is 0.101. The van der Waals surface area contributed by atoms with Gasteiger partial charge in [-0.1, -0.05) is 18.2 Å². The maximum absolute atomic E-state index is 14.0. The number of nitrogens with zero attached hydrogens (tertiary/aromatic N) is 1. The fourth-order valence-electron chi connectivity index (χ4n) is 2.67. The van der Waals surface area contributed by atoms with Gasteiger partial charge in [-0.2, -0.15) is 0 Å². The number of nitrogens with one attached hydrogen (secondary N) is 2. The summed E-state index contributed by atoms with van der Waals surface area (Å²) in [7, 11) is 0. The highest BCUT2D eigenvalue weighted by Gasteiger charge is 2.20. The number of hydrogen-bond acceptors (Lipinski definition) is 5. The van der Waals surface area contributed by atoms with E-state index in [1.165, 1.54) is 23.5 Å². The summed E-state index contributed by atoms with van der Waals surface area (Å²) in [5.74, 6) is -1.19. The Morgan fingerprint density at radius 2 is 1.59 bits per heavy atom. The Hall–Kier alpha value is -3.78. The van der Waals surface area contributed by atoms with Gasteiger partial charge < -0.3 is 15.1 Å². The van der Waals surface area contributed by atoms with Crippen LogP contribution in [0, 0.1) is 5.82 Å². The molecule has 0 aliphatic heterocycles. The van der Waals surface area contributed by atoms with E-state index >= 15 is 0 Å². The van der Waals surface area contributed by atoms with E-state index in [-0.39, 0.29) is 22.9 Å². The van der Waals surface area contributed by atoms with Gasteiger partial charge in [0, 0.05) is 11.4 Å². The van der Waals surface area contributed by atoms with E-state index in [9.17, 15) is 14.0 Å². The summed E-state index contributed by atoms with van der Waals surface area (Å²) in [4.78, 5) is 29.2. The van der Waals surface area contributed by atoms with Crippen LogP contribution >= 0.6 is 11.3 Å². The number of carbonyl (C=O) groups is 2.